The molecule has 0 aromatic rings. The first-order chi connectivity index (χ1) is 10.4. The van der Waals surface area contributed by atoms with Gasteiger partial charge in [-0.05, 0) is 43.9 Å². The van der Waals surface area contributed by atoms with Crippen LogP contribution in [0.5, 0.6) is 0 Å². The molecule has 1 saturated carbocycles. The van der Waals surface area contributed by atoms with E-state index in [0.29, 0.717) is 6.54 Å². The summed E-state index contributed by atoms with van der Waals surface area (Å²) in [5, 5.41) is 0. The molecule has 0 aliphatic heterocycles. The molecule has 1 fully saturated rings. The number of unbranched alkanes of at least 4 members (excludes halogenated alkanes) is 6. The molecule has 0 aromatic carbocycles. The van der Waals surface area contributed by atoms with Crippen molar-refractivity contribution < 1.29 is 4.74 Å². The normalized spacial score (nSPS) is 21.2. The van der Waals surface area contributed by atoms with Crippen molar-refractivity contribution in [1.82, 2.24) is 0 Å². The van der Waals surface area contributed by atoms with Crippen molar-refractivity contribution in [1.29, 1.82) is 0 Å². The molecular weight excluding hydrogens is 258 g/mol. The second kappa shape index (κ2) is 13.3. The van der Waals surface area contributed by atoms with Gasteiger partial charge in [0.05, 0.1) is 6.61 Å². The zero-order chi connectivity index (χ0) is 15.2. The third-order valence-electron chi connectivity index (χ3n) is 4.52. The molecule has 2 heteroatoms. The van der Waals surface area contributed by atoms with Gasteiger partial charge in [0.15, 0.2) is 0 Å². The van der Waals surface area contributed by atoms with Crippen molar-refractivity contribution in [2.75, 3.05) is 19.8 Å². The van der Waals surface area contributed by atoms with Gasteiger partial charge in [-0.15, -0.1) is 0 Å². The summed E-state index contributed by atoms with van der Waals surface area (Å²) in [4.78, 5) is 0. The third kappa shape index (κ3) is 11.0. The number of allylic oxidation sites excluding steroid dienone is 2. The van der Waals surface area contributed by atoms with Gasteiger partial charge in [0, 0.05) is 13.2 Å². The van der Waals surface area contributed by atoms with Crippen molar-refractivity contribution in [2.45, 2.75) is 77.6 Å². The highest BCUT2D eigenvalue weighted by atomic mass is 16.5. The average molecular weight is 296 g/mol. The summed E-state index contributed by atoms with van der Waals surface area (Å²) >= 11 is 0. The predicted molar refractivity (Wildman–Crippen MR) is 92.5 cm³/mol. The lowest BCUT2D eigenvalue weighted by molar-refractivity contribution is 0.137. The minimum atomic E-state index is 0.649. The van der Waals surface area contributed by atoms with Crippen LogP contribution < -0.4 is 5.73 Å². The van der Waals surface area contributed by atoms with E-state index in [0.717, 1.165) is 25.0 Å². The molecule has 2 N–H and O–H groups in total. The van der Waals surface area contributed by atoms with Crippen LogP contribution in [0.1, 0.15) is 77.6 Å². The van der Waals surface area contributed by atoms with Crippen molar-refractivity contribution in [3.8, 4) is 0 Å². The molecule has 2 atom stereocenters. The highest BCUT2D eigenvalue weighted by Crippen LogP contribution is 2.45. The van der Waals surface area contributed by atoms with E-state index in [9.17, 15) is 0 Å². The molecular formula is C19H37NO. The van der Waals surface area contributed by atoms with E-state index >= 15 is 0 Å². The van der Waals surface area contributed by atoms with Crippen LogP contribution in [0.25, 0.3) is 0 Å². The lowest BCUT2D eigenvalue weighted by Gasteiger charge is -2.02. The Morgan fingerprint density at radius 2 is 1.81 bits per heavy atom. The molecule has 0 saturated heterocycles. The fourth-order valence-corrected chi connectivity index (χ4v) is 3.00. The Kier molecular flexibility index (Phi) is 11.9. The monoisotopic (exact) mass is 295 g/mol. The molecule has 0 bridgehead atoms. The first-order valence-electron chi connectivity index (χ1n) is 9.31. The van der Waals surface area contributed by atoms with Crippen molar-refractivity contribution in [3.05, 3.63) is 12.2 Å². The fraction of sp³-hybridized carbons (Fsp3) is 0.895. The first kappa shape index (κ1) is 18.7. The number of ether oxygens (including phenoxy) is 1. The van der Waals surface area contributed by atoms with Crippen LogP contribution in [0.4, 0.5) is 0 Å². The Bertz CT molecular complexity index is 252. The predicted octanol–water partition coefficient (Wildman–Crippen LogP) is 5.07. The molecule has 0 aromatic heterocycles. The van der Waals surface area contributed by atoms with Crippen LogP contribution in [0, 0.1) is 11.8 Å². The van der Waals surface area contributed by atoms with Gasteiger partial charge in [0.1, 0.15) is 0 Å². The van der Waals surface area contributed by atoms with E-state index in [1.807, 2.05) is 0 Å². The molecule has 0 amide bonds. The van der Waals surface area contributed by atoms with Gasteiger partial charge < -0.3 is 10.5 Å². The largest absolute Gasteiger partial charge is 0.380 e. The van der Waals surface area contributed by atoms with Gasteiger partial charge in [0.2, 0.25) is 0 Å². The molecule has 1 aliphatic carbocycles. The van der Waals surface area contributed by atoms with Crippen LogP contribution >= 0.6 is 0 Å². The molecule has 0 spiro atoms. The standard InChI is InChI=1S/C19H37NO/c1-2-3-4-5-6-9-12-18-17-19(18)13-10-7-8-11-15-21-16-14-20/h6,9,18-19H,2-5,7-8,10-17,20H2,1H3/b9-6+. The Balaban J connectivity index is 1.80. The van der Waals surface area contributed by atoms with Crippen molar-refractivity contribution in [2.24, 2.45) is 17.6 Å². The summed E-state index contributed by atoms with van der Waals surface area (Å²) in [5.41, 5.74) is 5.38. The smallest absolute Gasteiger partial charge is 0.0588 e. The summed E-state index contributed by atoms with van der Waals surface area (Å²) in [6.45, 7) is 4.53. The maximum atomic E-state index is 5.39. The molecule has 0 radical (unpaired) electrons. The number of hydrogen-bond donors (Lipinski definition) is 1. The van der Waals surface area contributed by atoms with Crippen molar-refractivity contribution >= 4 is 0 Å². The molecule has 124 valence electrons. The second-order valence-corrected chi connectivity index (χ2v) is 6.56. The molecule has 21 heavy (non-hydrogen) atoms. The van der Waals surface area contributed by atoms with E-state index in [4.69, 9.17) is 10.5 Å². The highest BCUT2D eigenvalue weighted by Gasteiger charge is 2.34. The van der Waals surface area contributed by atoms with E-state index in [1.165, 1.54) is 70.6 Å². The molecule has 0 heterocycles. The fourth-order valence-electron chi connectivity index (χ4n) is 3.00. The molecule has 2 nitrogen and oxygen atoms in total. The first-order valence-corrected chi connectivity index (χ1v) is 9.31. The zero-order valence-corrected chi connectivity index (χ0v) is 14.2. The summed E-state index contributed by atoms with van der Waals surface area (Å²) in [5.74, 6) is 2.05. The van der Waals surface area contributed by atoms with E-state index in [1.54, 1.807) is 0 Å². The Hall–Kier alpha value is -0.340. The van der Waals surface area contributed by atoms with Crippen LogP contribution in [-0.2, 0) is 4.74 Å². The van der Waals surface area contributed by atoms with Crippen LogP contribution in [0.3, 0.4) is 0 Å². The molecule has 1 rings (SSSR count). The van der Waals surface area contributed by atoms with Crippen LogP contribution in [0.2, 0.25) is 0 Å². The average Bonchev–Trinajstić information content (AvgIpc) is 3.24. The Morgan fingerprint density at radius 1 is 0.952 bits per heavy atom. The van der Waals surface area contributed by atoms with E-state index in [-0.39, 0.29) is 0 Å². The van der Waals surface area contributed by atoms with Gasteiger partial charge >= 0.3 is 0 Å². The SMILES string of the molecule is CCCCC/C=C/CC1CC1CCCCCCOCCN. The second-order valence-electron chi connectivity index (χ2n) is 6.56. The Labute approximate surface area is 132 Å². The number of rotatable bonds is 15. The maximum absolute atomic E-state index is 5.39. The number of nitrogens with two attached hydrogens (primary N) is 1. The lowest BCUT2D eigenvalue weighted by Crippen LogP contribution is -2.08. The van der Waals surface area contributed by atoms with Gasteiger partial charge in [-0.3, -0.25) is 0 Å². The highest BCUT2D eigenvalue weighted by molar-refractivity contribution is 4.93. The third-order valence-corrected chi connectivity index (χ3v) is 4.52. The summed E-state index contributed by atoms with van der Waals surface area (Å²) in [7, 11) is 0. The lowest BCUT2D eigenvalue weighted by atomic mass is 10.1. The number of hydrogen-bond acceptors (Lipinski definition) is 2. The zero-order valence-electron chi connectivity index (χ0n) is 14.2. The Morgan fingerprint density at radius 3 is 2.62 bits per heavy atom. The van der Waals surface area contributed by atoms with Gasteiger partial charge in [-0.1, -0.05) is 57.6 Å². The molecule has 2 unspecified atom stereocenters. The minimum Gasteiger partial charge on any atom is -0.380 e. The van der Waals surface area contributed by atoms with Crippen molar-refractivity contribution in [3.63, 3.8) is 0 Å². The minimum absolute atomic E-state index is 0.649. The van der Waals surface area contributed by atoms with Gasteiger partial charge in [0.25, 0.3) is 0 Å². The van der Waals surface area contributed by atoms with Crippen LogP contribution in [-0.4, -0.2) is 19.8 Å². The summed E-state index contributed by atoms with van der Waals surface area (Å²) in [6.07, 6.45) is 19.8. The van der Waals surface area contributed by atoms with E-state index in [2.05, 4.69) is 19.1 Å². The summed E-state index contributed by atoms with van der Waals surface area (Å²) in [6, 6.07) is 0. The quantitative estimate of drug-likeness (QED) is 0.338. The maximum Gasteiger partial charge on any atom is 0.0588 e. The van der Waals surface area contributed by atoms with Gasteiger partial charge in [-0.2, -0.15) is 0 Å². The topological polar surface area (TPSA) is 35.2 Å². The van der Waals surface area contributed by atoms with E-state index < -0.39 is 0 Å². The molecule has 1 aliphatic rings. The van der Waals surface area contributed by atoms with Crippen LogP contribution in [0.15, 0.2) is 12.2 Å². The van der Waals surface area contributed by atoms with Gasteiger partial charge in [-0.25, -0.2) is 0 Å². The summed E-state index contributed by atoms with van der Waals surface area (Å²) < 4.78 is 5.39.